The van der Waals surface area contributed by atoms with E-state index in [2.05, 4.69) is 41.8 Å². The van der Waals surface area contributed by atoms with Crippen molar-refractivity contribution in [1.82, 2.24) is 10.9 Å². The highest BCUT2D eigenvalue weighted by Gasteiger charge is 2.63. The second kappa shape index (κ2) is 4.92. The zero-order chi connectivity index (χ0) is 15.1. The van der Waals surface area contributed by atoms with E-state index in [4.69, 9.17) is 35.9 Å². The van der Waals surface area contributed by atoms with Crippen molar-refractivity contribution in [2.45, 2.75) is 33.6 Å². The summed E-state index contributed by atoms with van der Waals surface area (Å²) in [4.78, 5) is 0. The minimum Gasteiger partial charge on any atom is -0.375 e. The van der Waals surface area contributed by atoms with Crippen LogP contribution in [0.2, 0.25) is 0 Å². The molecule has 110 valence electrons. The van der Waals surface area contributed by atoms with Crippen molar-refractivity contribution in [2.24, 2.45) is 38.4 Å². The molecular formula is C12H20N6S2. The van der Waals surface area contributed by atoms with Crippen LogP contribution in [-0.2, 0) is 0 Å². The lowest BCUT2D eigenvalue weighted by Crippen LogP contribution is -2.38. The van der Waals surface area contributed by atoms with Gasteiger partial charge in [-0.2, -0.15) is 10.2 Å². The molecule has 0 aliphatic heterocycles. The lowest BCUT2D eigenvalue weighted by molar-refractivity contribution is 0.207. The molecule has 2 aliphatic rings. The van der Waals surface area contributed by atoms with Crippen molar-refractivity contribution in [2.75, 3.05) is 0 Å². The Morgan fingerprint density at radius 1 is 1.15 bits per heavy atom. The van der Waals surface area contributed by atoms with Gasteiger partial charge in [-0.25, -0.2) is 0 Å². The van der Waals surface area contributed by atoms with Gasteiger partial charge in [0.2, 0.25) is 0 Å². The van der Waals surface area contributed by atoms with Crippen molar-refractivity contribution < 1.29 is 0 Å². The molecule has 2 bridgehead atoms. The Bertz CT molecular complexity index is 524. The van der Waals surface area contributed by atoms with Crippen LogP contribution in [0.5, 0.6) is 0 Å². The van der Waals surface area contributed by atoms with E-state index in [-0.39, 0.29) is 21.1 Å². The Labute approximate surface area is 129 Å². The molecule has 2 aliphatic carbocycles. The second-order valence-electron chi connectivity index (χ2n) is 6.05. The first-order valence-corrected chi connectivity index (χ1v) is 7.29. The summed E-state index contributed by atoms with van der Waals surface area (Å²) in [6.07, 6.45) is 2.14. The maximum atomic E-state index is 5.46. The zero-order valence-corrected chi connectivity index (χ0v) is 13.5. The summed E-state index contributed by atoms with van der Waals surface area (Å²) in [6, 6.07) is 0. The van der Waals surface area contributed by atoms with Crippen LogP contribution in [0.4, 0.5) is 0 Å². The van der Waals surface area contributed by atoms with E-state index in [1.165, 1.54) is 0 Å². The number of hydrogen-bond acceptors (Lipinski definition) is 4. The fraction of sp³-hybridized carbons (Fsp3) is 0.667. The second-order valence-corrected chi connectivity index (χ2v) is 6.93. The summed E-state index contributed by atoms with van der Waals surface area (Å²) < 4.78 is 0. The Morgan fingerprint density at radius 3 is 2.25 bits per heavy atom. The molecule has 0 heterocycles. The van der Waals surface area contributed by atoms with Crippen molar-refractivity contribution in [1.29, 1.82) is 0 Å². The summed E-state index contributed by atoms with van der Waals surface area (Å²) in [7, 11) is 0. The first-order chi connectivity index (χ1) is 9.20. The molecule has 0 aromatic heterocycles. The standard InChI is InChI=1S/C12H20N6S2/c1-11(2)6-4-5-12(11,3)8(16-18-10(14)20)7(6)15-17-9(13)19/h6H,4-5H2,1-3H3,(H3,13,17,19)(H3,14,18,20). The molecule has 0 aromatic carbocycles. The Kier molecular flexibility index (Phi) is 3.72. The molecule has 0 aromatic rings. The average Bonchev–Trinajstić information content (AvgIpc) is 2.64. The Morgan fingerprint density at radius 2 is 1.70 bits per heavy atom. The summed E-state index contributed by atoms with van der Waals surface area (Å²) in [5, 5.41) is 9.01. The third-order valence-electron chi connectivity index (χ3n) is 4.89. The maximum Gasteiger partial charge on any atom is 0.184 e. The monoisotopic (exact) mass is 312 g/mol. The topological polar surface area (TPSA) is 101 Å². The minimum absolute atomic E-state index is 0.0633. The minimum atomic E-state index is -0.0633. The van der Waals surface area contributed by atoms with Gasteiger partial charge in [-0.15, -0.1) is 0 Å². The highest BCUT2D eigenvalue weighted by molar-refractivity contribution is 7.80. The number of nitrogens with zero attached hydrogens (tertiary/aromatic N) is 2. The van der Waals surface area contributed by atoms with Gasteiger partial charge in [0.05, 0.1) is 11.4 Å². The fourth-order valence-corrected chi connectivity index (χ4v) is 3.48. The van der Waals surface area contributed by atoms with Gasteiger partial charge in [0.15, 0.2) is 10.2 Å². The van der Waals surface area contributed by atoms with Gasteiger partial charge in [-0.3, -0.25) is 10.9 Å². The fourth-order valence-electron chi connectivity index (χ4n) is 3.39. The number of nitrogens with one attached hydrogen (secondary N) is 2. The van der Waals surface area contributed by atoms with Gasteiger partial charge in [0.25, 0.3) is 0 Å². The molecule has 8 heteroatoms. The molecule has 2 fully saturated rings. The van der Waals surface area contributed by atoms with Gasteiger partial charge in [-0.1, -0.05) is 20.8 Å². The summed E-state index contributed by atoms with van der Waals surface area (Å²) in [5.41, 5.74) is 18.0. The van der Waals surface area contributed by atoms with Crippen molar-refractivity contribution in [3.63, 3.8) is 0 Å². The van der Waals surface area contributed by atoms with Crippen LogP contribution in [0.25, 0.3) is 0 Å². The molecule has 6 N–H and O–H groups in total. The zero-order valence-electron chi connectivity index (χ0n) is 11.9. The van der Waals surface area contributed by atoms with Crippen LogP contribution >= 0.6 is 24.4 Å². The number of hydrazone groups is 2. The van der Waals surface area contributed by atoms with E-state index < -0.39 is 0 Å². The number of thiocarbonyl (C=S) groups is 2. The van der Waals surface area contributed by atoms with Crippen LogP contribution in [-0.4, -0.2) is 21.6 Å². The lowest BCUT2D eigenvalue weighted by atomic mass is 9.70. The van der Waals surface area contributed by atoms with Crippen molar-refractivity contribution in [3.8, 4) is 0 Å². The first kappa shape index (κ1) is 15.1. The Balaban J connectivity index is 2.44. The van der Waals surface area contributed by atoms with E-state index in [1.54, 1.807) is 0 Å². The summed E-state index contributed by atoms with van der Waals surface area (Å²) in [5.74, 6) is 0.321. The molecule has 0 radical (unpaired) electrons. The van der Waals surface area contributed by atoms with Crippen LogP contribution in [0, 0.1) is 16.7 Å². The molecule has 20 heavy (non-hydrogen) atoms. The number of nitrogens with two attached hydrogens (primary N) is 2. The normalized spacial score (nSPS) is 34.5. The molecule has 6 nitrogen and oxygen atoms in total. The van der Waals surface area contributed by atoms with E-state index in [0.29, 0.717) is 5.92 Å². The predicted octanol–water partition coefficient (Wildman–Crippen LogP) is 0.821. The van der Waals surface area contributed by atoms with Gasteiger partial charge in [-0.05, 0) is 42.7 Å². The molecule has 2 saturated carbocycles. The highest BCUT2D eigenvalue weighted by atomic mass is 32.1. The van der Waals surface area contributed by atoms with Gasteiger partial charge >= 0.3 is 0 Å². The van der Waals surface area contributed by atoms with E-state index in [1.807, 2.05) is 0 Å². The molecule has 2 unspecified atom stereocenters. The molecular weight excluding hydrogens is 292 g/mol. The average molecular weight is 312 g/mol. The predicted molar refractivity (Wildman–Crippen MR) is 89.3 cm³/mol. The largest absolute Gasteiger partial charge is 0.375 e. The van der Waals surface area contributed by atoms with E-state index in [0.717, 1.165) is 24.3 Å². The molecule has 0 saturated heterocycles. The van der Waals surface area contributed by atoms with Gasteiger partial charge in [0, 0.05) is 11.3 Å². The summed E-state index contributed by atoms with van der Waals surface area (Å²) >= 11 is 9.63. The Hall–Kier alpha value is -1.28. The van der Waals surface area contributed by atoms with Gasteiger partial charge in [0.1, 0.15) is 0 Å². The third kappa shape index (κ3) is 2.16. The van der Waals surface area contributed by atoms with Crippen LogP contribution in [0.3, 0.4) is 0 Å². The molecule has 0 spiro atoms. The number of fused-ring (bicyclic) bond motifs is 2. The number of hydrogen-bond donors (Lipinski definition) is 4. The van der Waals surface area contributed by atoms with E-state index >= 15 is 0 Å². The maximum absolute atomic E-state index is 5.46. The molecule has 0 amide bonds. The van der Waals surface area contributed by atoms with Crippen LogP contribution < -0.4 is 22.3 Å². The van der Waals surface area contributed by atoms with Crippen LogP contribution in [0.1, 0.15) is 33.6 Å². The van der Waals surface area contributed by atoms with Crippen molar-refractivity contribution in [3.05, 3.63) is 0 Å². The number of rotatable bonds is 2. The molecule has 2 atom stereocenters. The third-order valence-corrected chi connectivity index (χ3v) is 5.07. The first-order valence-electron chi connectivity index (χ1n) is 6.47. The SMILES string of the molecule is CC12CCC(C(=NNC(N)=S)C1=NNC(N)=S)C2(C)C. The van der Waals surface area contributed by atoms with Crippen LogP contribution in [0.15, 0.2) is 10.2 Å². The quantitative estimate of drug-likeness (QED) is 0.445. The molecule has 2 rings (SSSR count). The van der Waals surface area contributed by atoms with Crippen molar-refractivity contribution >= 4 is 46.1 Å². The van der Waals surface area contributed by atoms with Gasteiger partial charge < -0.3 is 11.5 Å². The van der Waals surface area contributed by atoms with E-state index in [9.17, 15) is 0 Å². The highest BCUT2D eigenvalue weighted by Crippen LogP contribution is 2.62. The smallest absolute Gasteiger partial charge is 0.184 e. The lowest BCUT2D eigenvalue weighted by Gasteiger charge is -2.33. The summed E-state index contributed by atoms with van der Waals surface area (Å²) in [6.45, 7) is 6.69.